The molecule has 0 spiro atoms. The Morgan fingerprint density at radius 2 is 1.78 bits per heavy atom. The summed E-state index contributed by atoms with van der Waals surface area (Å²) in [7, 11) is -1.06. The summed E-state index contributed by atoms with van der Waals surface area (Å²) < 4.78 is 37.4. The van der Waals surface area contributed by atoms with Crippen LogP contribution >= 0.6 is 0 Å². The molecule has 0 radical (unpaired) electrons. The zero-order valence-corrected chi connectivity index (χ0v) is 16.3. The van der Waals surface area contributed by atoms with Crippen molar-refractivity contribution in [2.24, 2.45) is 0 Å². The topological polar surface area (TPSA) is 93.2 Å². The lowest BCUT2D eigenvalue weighted by molar-refractivity contribution is -0.145. The van der Waals surface area contributed by atoms with Crippen molar-refractivity contribution in [3.05, 3.63) is 23.8 Å². The van der Waals surface area contributed by atoms with Crippen molar-refractivity contribution < 1.29 is 27.5 Å². The van der Waals surface area contributed by atoms with Gasteiger partial charge in [0, 0.05) is 25.2 Å². The van der Waals surface area contributed by atoms with E-state index in [0.717, 1.165) is 12.8 Å². The van der Waals surface area contributed by atoms with Crippen molar-refractivity contribution in [2.45, 2.75) is 36.6 Å². The molecule has 9 heteroatoms. The molecule has 0 aliphatic carbocycles. The standard InChI is InChI=1S/C18H24N2O6S/c1-25-15-8-7-13(12-16(15)27(23,24)19-9-3-4-10-19)17(21)20-11-5-6-14(20)18(22)26-2/h7-8,12,14H,3-6,9-11H2,1-2H3. The van der Waals surface area contributed by atoms with E-state index in [4.69, 9.17) is 9.47 Å². The molecule has 1 amide bonds. The van der Waals surface area contributed by atoms with Gasteiger partial charge in [-0.1, -0.05) is 0 Å². The average molecular weight is 396 g/mol. The number of benzene rings is 1. The van der Waals surface area contributed by atoms with Crippen LogP contribution in [0.3, 0.4) is 0 Å². The van der Waals surface area contributed by atoms with E-state index in [0.29, 0.717) is 32.5 Å². The Hall–Kier alpha value is -2.13. The molecule has 8 nitrogen and oxygen atoms in total. The number of ether oxygens (including phenoxy) is 2. The summed E-state index contributed by atoms with van der Waals surface area (Å²) in [5, 5.41) is 0. The van der Waals surface area contributed by atoms with Crippen molar-refractivity contribution in [3.8, 4) is 5.75 Å². The number of sulfonamides is 1. The highest BCUT2D eigenvalue weighted by molar-refractivity contribution is 7.89. The lowest BCUT2D eigenvalue weighted by Gasteiger charge is -2.23. The average Bonchev–Trinajstić information content (AvgIpc) is 3.38. The highest BCUT2D eigenvalue weighted by Crippen LogP contribution is 2.31. The Morgan fingerprint density at radius 3 is 2.41 bits per heavy atom. The van der Waals surface area contributed by atoms with Crippen molar-refractivity contribution >= 4 is 21.9 Å². The van der Waals surface area contributed by atoms with Crippen LogP contribution in [0, 0.1) is 0 Å². The summed E-state index contributed by atoms with van der Waals surface area (Å²) in [5.41, 5.74) is 0.212. The van der Waals surface area contributed by atoms with Crippen molar-refractivity contribution in [3.63, 3.8) is 0 Å². The van der Waals surface area contributed by atoms with Crippen LogP contribution in [-0.2, 0) is 19.6 Å². The Kier molecular flexibility index (Phi) is 5.71. The molecule has 2 aliphatic heterocycles. The smallest absolute Gasteiger partial charge is 0.328 e. The SMILES string of the molecule is COC(=O)C1CCCN1C(=O)c1ccc(OC)c(S(=O)(=O)N2CCCC2)c1. The fraction of sp³-hybridized carbons (Fsp3) is 0.556. The predicted molar refractivity (Wildman–Crippen MR) is 97.1 cm³/mol. The Balaban J connectivity index is 1.95. The number of amides is 1. The maximum absolute atomic E-state index is 13.0. The van der Waals surface area contributed by atoms with Gasteiger partial charge < -0.3 is 14.4 Å². The van der Waals surface area contributed by atoms with Crippen molar-refractivity contribution in [1.82, 2.24) is 9.21 Å². The molecule has 0 N–H and O–H groups in total. The second-order valence-corrected chi connectivity index (χ2v) is 8.56. The normalized spacial score (nSPS) is 20.7. The fourth-order valence-corrected chi connectivity index (χ4v) is 5.33. The predicted octanol–water partition coefficient (Wildman–Crippen LogP) is 1.26. The molecule has 0 bridgehead atoms. The minimum atomic E-state index is -3.75. The number of rotatable bonds is 5. The zero-order chi connectivity index (χ0) is 19.6. The van der Waals surface area contributed by atoms with Gasteiger partial charge in [-0.05, 0) is 43.9 Å². The molecular weight excluding hydrogens is 372 g/mol. The summed E-state index contributed by atoms with van der Waals surface area (Å²) in [6.07, 6.45) is 2.86. The first-order valence-corrected chi connectivity index (χ1v) is 10.4. The van der Waals surface area contributed by atoms with Gasteiger partial charge in [0.25, 0.3) is 5.91 Å². The third kappa shape index (κ3) is 3.66. The van der Waals surface area contributed by atoms with Crippen LogP contribution in [0.15, 0.2) is 23.1 Å². The van der Waals surface area contributed by atoms with Crippen LogP contribution in [0.25, 0.3) is 0 Å². The summed E-state index contributed by atoms with van der Waals surface area (Å²) in [6.45, 7) is 1.35. The number of likely N-dealkylation sites (tertiary alicyclic amines) is 1. The van der Waals surface area contributed by atoms with Gasteiger partial charge in [-0.2, -0.15) is 4.31 Å². The highest BCUT2D eigenvalue weighted by atomic mass is 32.2. The van der Waals surface area contributed by atoms with E-state index in [1.807, 2.05) is 0 Å². The summed E-state index contributed by atoms with van der Waals surface area (Å²) in [4.78, 5) is 26.3. The van der Waals surface area contributed by atoms with Crippen LogP contribution in [0.1, 0.15) is 36.0 Å². The van der Waals surface area contributed by atoms with Gasteiger partial charge in [0.15, 0.2) is 0 Å². The number of carbonyl (C=O) groups excluding carboxylic acids is 2. The molecule has 1 aromatic rings. The second-order valence-electron chi connectivity index (χ2n) is 6.66. The number of hydrogen-bond donors (Lipinski definition) is 0. The lowest BCUT2D eigenvalue weighted by atomic mass is 10.1. The van der Waals surface area contributed by atoms with E-state index in [1.165, 1.54) is 41.6 Å². The molecule has 148 valence electrons. The quantitative estimate of drug-likeness (QED) is 0.696. The van der Waals surface area contributed by atoms with Gasteiger partial charge in [-0.25, -0.2) is 13.2 Å². The first-order chi connectivity index (χ1) is 12.9. The number of carbonyl (C=O) groups is 2. The van der Waals surface area contributed by atoms with Crippen molar-refractivity contribution in [1.29, 1.82) is 0 Å². The number of esters is 1. The van der Waals surface area contributed by atoms with E-state index in [-0.39, 0.29) is 22.1 Å². The molecule has 0 saturated carbocycles. The van der Waals surface area contributed by atoms with E-state index in [2.05, 4.69) is 0 Å². The van der Waals surface area contributed by atoms with Gasteiger partial charge in [0.05, 0.1) is 14.2 Å². The van der Waals surface area contributed by atoms with E-state index in [1.54, 1.807) is 0 Å². The van der Waals surface area contributed by atoms with E-state index >= 15 is 0 Å². The molecule has 0 aromatic heterocycles. The number of hydrogen-bond acceptors (Lipinski definition) is 6. The van der Waals surface area contributed by atoms with Crippen LogP contribution < -0.4 is 4.74 Å². The lowest BCUT2D eigenvalue weighted by Crippen LogP contribution is -2.41. The second kappa shape index (κ2) is 7.85. The van der Waals surface area contributed by atoms with Crippen LogP contribution in [-0.4, -0.2) is 69.4 Å². The maximum Gasteiger partial charge on any atom is 0.328 e. The number of nitrogens with zero attached hydrogens (tertiary/aromatic N) is 2. The van der Waals surface area contributed by atoms with Gasteiger partial charge >= 0.3 is 5.97 Å². The molecule has 2 aliphatic rings. The number of methoxy groups -OCH3 is 2. The molecule has 27 heavy (non-hydrogen) atoms. The van der Waals surface area contributed by atoms with Crippen LogP contribution in [0.2, 0.25) is 0 Å². The molecule has 1 atom stereocenters. The fourth-order valence-electron chi connectivity index (χ4n) is 3.64. The highest BCUT2D eigenvalue weighted by Gasteiger charge is 2.36. The van der Waals surface area contributed by atoms with Gasteiger partial charge in [0.1, 0.15) is 16.7 Å². The molecule has 2 heterocycles. The largest absolute Gasteiger partial charge is 0.495 e. The minimum Gasteiger partial charge on any atom is -0.495 e. The van der Waals surface area contributed by atoms with E-state index < -0.39 is 22.0 Å². The Bertz CT molecular complexity index is 832. The Morgan fingerprint density at radius 1 is 1.07 bits per heavy atom. The Labute approximate surface area is 159 Å². The van der Waals surface area contributed by atoms with Gasteiger partial charge in [-0.3, -0.25) is 4.79 Å². The van der Waals surface area contributed by atoms with Crippen LogP contribution in [0.5, 0.6) is 5.75 Å². The van der Waals surface area contributed by atoms with Crippen molar-refractivity contribution in [2.75, 3.05) is 33.9 Å². The van der Waals surface area contributed by atoms with Gasteiger partial charge in [-0.15, -0.1) is 0 Å². The molecule has 1 unspecified atom stereocenters. The molecule has 2 fully saturated rings. The maximum atomic E-state index is 13.0. The van der Waals surface area contributed by atoms with Gasteiger partial charge in [0.2, 0.25) is 10.0 Å². The summed E-state index contributed by atoms with van der Waals surface area (Å²) >= 11 is 0. The molecule has 3 rings (SSSR count). The monoisotopic (exact) mass is 396 g/mol. The molecule has 1 aromatic carbocycles. The third-order valence-electron chi connectivity index (χ3n) is 5.08. The van der Waals surface area contributed by atoms with E-state index in [9.17, 15) is 18.0 Å². The zero-order valence-electron chi connectivity index (χ0n) is 15.5. The summed E-state index contributed by atoms with van der Waals surface area (Å²) in [6, 6.07) is 3.72. The minimum absolute atomic E-state index is 0.0217. The third-order valence-corrected chi connectivity index (χ3v) is 7.00. The molecular formula is C18H24N2O6S. The first-order valence-electron chi connectivity index (χ1n) is 8.97. The first kappa shape index (κ1) is 19.6. The molecule has 2 saturated heterocycles. The summed E-state index contributed by atoms with van der Waals surface area (Å²) in [5.74, 6) is -0.646. The van der Waals surface area contributed by atoms with Crippen LogP contribution in [0.4, 0.5) is 0 Å².